The fourth-order valence-electron chi connectivity index (χ4n) is 5.10. The quantitative estimate of drug-likeness (QED) is 0.193. The van der Waals surface area contributed by atoms with E-state index in [1.165, 1.54) is 10.4 Å². The van der Waals surface area contributed by atoms with E-state index in [0.717, 1.165) is 37.9 Å². The van der Waals surface area contributed by atoms with Crippen molar-refractivity contribution in [3.63, 3.8) is 0 Å². The number of benzene rings is 2. The van der Waals surface area contributed by atoms with E-state index in [1.807, 2.05) is 48.8 Å². The van der Waals surface area contributed by atoms with Gasteiger partial charge in [0.1, 0.15) is 4.47 Å². The van der Waals surface area contributed by atoms with Gasteiger partial charge in [0.25, 0.3) is 11.8 Å². The highest BCUT2D eigenvalue weighted by molar-refractivity contribution is 9.10. The summed E-state index contributed by atoms with van der Waals surface area (Å²) >= 11 is 9.76. The molecule has 2 N–H and O–H groups in total. The lowest BCUT2D eigenvalue weighted by Gasteiger charge is -2.33. The lowest BCUT2D eigenvalue weighted by atomic mass is 9.93. The first-order valence-electron chi connectivity index (χ1n) is 14.4. The number of piperidine rings is 1. The van der Waals surface area contributed by atoms with E-state index in [1.54, 1.807) is 24.3 Å². The molecule has 4 aromatic rings. The van der Waals surface area contributed by atoms with Gasteiger partial charge in [0.2, 0.25) is 0 Å². The van der Waals surface area contributed by atoms with Crippen molar-refractivity contribution in [2.24, 2.45) is 5.92 Å². The number of aromatic nitrogens is 3. The van der Waals surface area contributed by atoms with Crippen molar-refractivity contribution in [1.82, 2.24) is 20.1 Å². The van der Waals surface area contributed by atoms with Crippen molar-refractivity contribution in [2.75, 3.05) is 29.9 Å². The summed E-state index contributed by atoms with van der Waals surface area (Å²) in [5, 5.41) is 10.6. The number of ether oxygens (including phenoxy) is 1. The Labute approximate surface area is 264 Å². The first-order chi connectivity index (χ1) is 20.8. The van der Waals surface area contributed by atoms with Gasteiger partial charge in [-0.2, -0.15) is 0 Å². The minimum atomic E-state index is -0.612. The summed E-state index contributed by atoms with van der Waals surface area (Å²) < 4.78 is 7.47. The molecule has 5 rings (SSSR count). The van der Waals surface area contributed by atoms with E-state index in [2.05, 4.69) is 55.4 Å². The van der Waals surface area contributed by atoms with Gasteiger partial charge in [0.05, 0.1) is 16.3 Å². The Morgan fingerprint density at radius 3 is 2.40 bits per heavy atom. The number of carbonyl (C=O) groups excluding carboxylic acids is 2. The van der Waals surface area contributed by atoms with Crippen LogP contribution in [0.3, 0.4) is 0 Å². The number of anilines is 2. The van der Waals surface area contributed by atoms with Crippen LogP contribution in [0.5, 0.6) is 5.88 Å². The summed E-state index contributed by atoms with van der Waals surface area (Å²) in [6, 6.07) is 18.7. The zero-order chi connectivity index (χ0) is 30.3. The second-order valence-electron chi connectivity index (χ2n) is 10.8. The van der Waals surface area contributed by atoms with Gasteiger partial charge in [-0.15, -0.1) is 5.10 Å². The number of amides is 2. The van der Waals surface area contributed by atoms with Crippen LogP contribution in [0.2, 0.25) is 5.02 Å². The molecule has 224 valence electrons. The molecule has 3 heterocycles. The van der Waals surface area contributed by atoms with Crippen LogP contribution in [0.4, 0.5) is 16.3 Å². The predicted octanol–water partition coefficient (Wildman–Crippen LogP) is 7.45. The van der Waals surface area contributed by atoms with E-state index in [0.29, 0.717) is 44.9 Å². The van der Waals surface area contributed by atoms with E-state index in [9.17, 15) is 9.59 Å². The smallest absolute Gasteiger partial charge is 0.388 e. The van der Waals surface area contributed by atoms with Gasteiger partial charge in [-0.05, 0) is 89.0 Å². The third kappa shape index (κ3) is 7.55. The van der Waals surface area contributed by atoms with E-state index < -0.39 is 12.0 Å². The molecule has 2 amide bonds. The molecule has 43 heavy (non-hydrogen) atoms. The Morgan fingerprint density at radius 1 is 1.02 bits per heavy atom. The third-order valence-corrected chi connectivity index (χ3v) is 8.65. The Bertz CT molecular complexity index is 1550. The van der Waals surface area contributed by atoms with E-state index in [4.69, 9.17) is 16.3 Å². The van der Waals surface area contributed by atoms with Gasteiger partial charge in [0.15, 0.2) is 5.82 Å². The number of nitrogens with zero attached hydrogens (tertiary/aromatic N) is 4. The fourth-order valence-corrected chi connectivity index (χ4v) is 5.75. The molecule has 0 saturated carbocycles. The molecule has 1 aliphatic rings. The molecule has 0 unspecified atom stereocenters. The van der Waals surface area contributed by atoms with Gasteiger partial charge in [-0.1, -0.05) is 49.7 Å². The lowest BCUT2D eigenvalue weighted by molar-refractivity contribution is 0.102. The number of nitrogens with one attached hydrogen (secondary N) is 2. The fraction of sp³-hybridized carbons (Fsp3) is 0.312. The highest BCUT2D eigenvalue weighted by Gasteiger charge is 2.24. The maximum Gasteiger partial charge on any atom is 0.414 e. The van der Waals surface area contributed by atoms with Crippen molar-refractivity contribution in [3.8, 4) is 11.6 Å². The van der Waals surface area contributed by atoms with Crippen LogP contribution in [0, 0.1) is 5.92 Å². The molecular weight excluding hydrogens is 632 g/mol. The molecule has 1 fully saturated rings. The van der Waals surface area contributed by atoms with Crippen LogP contribution in [-0.4, -0.2) is 46.4 Å². The molecule has 0 radical (unpaired) electrons. The second-order valence-corrected chi connectivity index (χ2v) is 12.0. The SMILES string of the molecule is CC(C)c1ccc(-n2nc(OC(=O)NCCC3CCN(c4ccncc4)CC3)c(Br)c2NC(=O)c2ccccc2Cl)cc1. The van der Waals surface area contributed by atoms with Crippen LogP contribution in [0.25, 0.3) is 5.69 Å². The van der Waals surface area contributed by atoms with Gasteiger partial charge < -0.3 is 20.3 Å². The Balaban J connectivity index is 1.24. The first-order valence-corrected chi connectivity index (χ1v) is 15.5. The Hall–Kier alpha value is -3.89. The van der Waals surface area contributed by atoms with Crippen molar-refractivity contribution in [3.05, 3.63) is 93.7 Å². The standard InChI is InChI=1S/C32H34BrClN6O3/c1-21(2)23-7-9-25(10-8-23)40-29(37-30(41)26-5-3-4-6-27(26)34)28(33)31(38-40)43-32(42)36-18-11-22-14-19-39(20-15-22)24-12-16-35-17-13-24/h3-10,12-13,16-17,21-22H,11,14-15,18-20H2,1-2H3,(H,36,42)(H,37,41). The molecule has 0 spiro atoms. The van der Waals surface area contributed by atoms with Crippen molar-refractivity contribution in [1.29, 1.82) is 0 Å². The molecule has 11 heteroatoms. The third-order valence-electron chi connectivity index (χ3n) is 7.61. The molecular formula is C32H34BrClN6O3. The minimum Gasteiger partial charge on any atom is -0.388 e. The van der Waals surface area contributed by atoms with E-state index >= 15 is 0 Å². The highest BCUT2D eigenvalue weighted by atomic mass is 79.9. The normalized spacial score (nSPS) is 13.7. The summed E-state index contributed by atoms with van der Waals surface area (Å²) in [5.74, 6) is 0.799. The van der Waals surface area contributed by atoms with Crippen LogP contribution in [0.1, 0.15) is 54.9 Å². The first kappa shape index (κ1) is 30.6. The van der Waals surface area contributed by atoms with Crippen LogP contribution in [0.15, 0.2) is 77.5 Å². The topological polar surface area (TPSA) is 101 Å². The maximum atomic E-state index is 13.2. The average molecular weight is 666 g/mol. The number of hydrogen-bond donors (Lipinski definition) is 2. The number of hydrogen-bond acceptors (Lipinski definition) is 6. The monoisotopic (exact) mass is 664 g/mol. The average Bonchev–Trinajstić information content (AvgIpc) is 3.32. The van der Waals surface area contributed by atoms with Crippen LogP contribution < -0.4 is 20.3 Å². The summed E-state index contributed by atoms with van der Waals surface area (Å²) in [4.78, 5) is 32.4. The van der Waals surface area contributed by atoms with Gasteiger partial charge >= 0.3 is 6.09 Å². The summed E-state index contributed by atoms with van der Waals surface area (Å²) in [6.07, 6.45) is 5.99. The van der Waals surface area contributed by atoms with Crippen molar-refractivity contribution < 1.29 is 14.3 Å². The maximum absolute atomic E-state index is 13.2. The largest absolute Gasteiger partial charge is 0.414 e. The molecule has 0 aliphatic carbocycles. The minimum absolute atomic E-state index is 0.0329. The number of rotatable bonds is 9. The van der Waals surface area contributed by atoms with Crippen molar-refractivity contribution >= 4 is 51.0 Å². The van der Waals surface area contributed by atoms with Gasteiger partial charge in [-0.3, -0.25) is 9.78 Å². The summed E-state index contributed by atoms with van der Waals surface area (Å²) in [5.41, 5.74) is 3.35. The Morgan fingerprint density at radius 2 is 1.72 bits per heavy atom. The summed E-state index contributed by atoms with van der Waals surface area (Å²) in [7, 11) is 0. The molecule has 0 atom stereocenters. The number of pyridine rings is 1. The molecule has 1 aliphatic heterocycles. The molecule has 2 aromatic carbocycles. The van der Waals surface area contributed by atoms with Gasteiger partial charge in [-0.25, -0.2) is 9.48 Å². The number of halogens is 2. The molecule has 9 nitrogen and oxygen atoms in total. The summed E-state index contributed by atoms with van der Waals surface area (Å²) in [6.45, 7) is 6.67. The zero-order valence-corrected chi connectivity index (χ0v) is 26.4. The zero-order valence-electron chi connectivity index (χ0n) is 24.1. The van der Waals surface area contributed by atoms with Gasteiger partial charge in [0, 0.05) is 37.7 Å². The molecule has 2 aromatic heterocycles. The van der Waals surface area contributed by atoms with E-state index in [-0.39, 0.29) is 5.88 Å². The Kier molecular flexibility index (Phi) is 9.99. The van der Waals surface area contributed by atoms with Crippen molar-refractivity contribution in [2.45, 2.75) is 39.0 Å². The predicted molar refractivity (Wildman–Crippen MR) is 173 cm³/mol. The second kappa shape index (κ2) is 14.1. The lowest BCUT2D eigenvalue weighted by Crippen LogP contribution is -2.35. The molecule has 1 saturated heterocycles. The number of carbonyl (C=O) groups is 2. The van der Waals surface area contributed by atoms with Crippen LogP contribution >= 0.6 is 27.5 Å². The molecule has 0 bridgehead atoms. The van der Waals surface area contributed by atoms with Crippen LogP contribution in [-0.2, 0) is 0 Å². The highest BCUT2D eigenvalue weighted by Crippen LogP contribution is 2.35.